The fourth-order valence-electron chi connectivity index (χ4n) is 1.42. The summed E-state index contributed by atoms with van der Waals surface area (Å²) < 4.78 is 9.96. The maximum absolute atomic E-state index is 12.3. The standard InChI is InChI=1S/C11H19N5O3/c1-18-5-3-16(4-6-19-2)11(17)9-7-13-8-10(14-9)15-12/h7-8H,3-6,12H2,1-2H3,(H,14,15). The van der Waals surface area contributed by atoms with E-state index in [1.54, 1.807) is 19.1 Å². The van der Waals surface area contributed by atoms with Gasteiger partial charge in [0, 0.05) is 27.3 Å². The molecule has 0 radical (unpaired) electrons. The number of methoxy groups -OCH3 is 2. The third kappa shape index (κ3) is 4.78. The molecular formula is C11H19N5O3. The first-order valence-electron chi connectivity index (χ1n) is 5.78. The van der Waals surface area contributed by atoms with Crippen molar-refractivity contribution in [3.8, 4) is 0 Å². The van der Waals surface area contributed by atoms with Crippen LogP contribution in [0.4, 0.5) is 5.82 Å². The zero-order chi connectivity index (χ0) is 14.1. The minimum atomic E-state index is -0.237. The Morgan fingerprint density at radius 1 is 1.32 bits per heavy atom. The first-order valence-corrected chi connectivity index (χ1v) is 5.78. The second kappa shape index (κ2) is 8.35. The molecule has 0 saturated carbocycles. The molecule has 106 valence electrons. The predicted molar refractivity (Wildman–Crippen MR) is 69.5 cm³/mol. The Morgan fingerprint density at radius 3 is 2.47 bits per heavy atom. The lowest BCUT2D eigenvalue weighted by atomic mass is 10.3. The first-order chi connectivity index (χ1) is 9.22. The summed E-state index contributed by atoms with van der Waals surface area (Å²) in [6, 6.07) is 0. The number of amides is 1. The van der Waals surface area contributed by atoms with Gasteiger partial charge in [-0.05, 0) is 0 Å². The average Bonchev–Trinajstić information content (AvgIpc) is 2.47. The molecule has 8 nitrogen and oxygen atoms in total. The number of hydrogen-bond donors (Lipinski definition) is 2. The number of nitrogen functional groups attached to an aromatic ring is 1. The van der Waals surface area contributed by atoms with E-state index in [2.05, 4.69) is 15.4 Å². The summed E-state index contributed by atoms with van der Waals surface area (Å²) >= 11 is 0. The molecule has 1 heterocycles. The molecular weight excluding hydrogens is 250 g/mol. The minimum Gasteiger partial charge on any atom is -0.383 e. The van der Waals surface area contributed by atoms with Crippen molar-refractivity contribution < 1.29 is 14.3 Å². The smallest absolute Gasteiger partial charge is 0.274 e. The van der Waals surface area contributed by atoms with Crippen molar-refractivity contribution in [1.82, 2.24) is 14.9 Å². The van der Waals surface area contributed by atoms with E-state index in [1.165, 1.54) is 12.4 Å². The number of aromatic nitrogens is 2. The molecule has 1 aromatic heterocycles. The molecule has 8 heteroatoms. The van der Waals surface area contributed by atoms with Crippen LogP contribution in [0.1, 0.15) is 10.5 Å². The Morgan fingerprint density at radius 2 is 1.95 bits per heavy atom. The van der Waals surface area contributed by atoms with E-state index in [1.807, 2.05) is 0 Å². The average molecular weight is 269 g/mol. The van der Waals surface area contributed by atoms with Crippen LogP contribution < -0.4 is 11.3 Å². The Bertz CT molecular complexity index is 394. The summed E-state index contributed by atoms with van der Waals surface area (Å²) in [5.74, 6) is 5.34. The molecule has 0 saturated heterocycles. The highest BCUT2D eigenvalue weighted by atomic mass is 16.5. The molecule has 0 aliphatic rings. The fourth-order valence-corrected chi connectivity index (χ4v) is 1.42. The van der Waals surface area contributed by atoms with Gasteiger partial charge in [-0.3, -0.25) is 9.78 Å². The Kier molecular flexibility index (Phi) is 6.72. The molecule has 0 aliphatic heterocycles. The number of nitrogens with two attached hydrogens (primary N) is 1. The minimum absolute atomic E-state index is 0.225. The number of hydrazine groups is 1. The van der Waals surface area contributed by atoms with Crippen molar-refractivity contribution in [2.75, 3.05) is 45.9 Å². The van der Waals surface area contributed by atoms with Gasteiger partial charge in [0.05, 0.1) is 25.6 Å². The molecule has 1 amide bonds. The van der Waals surface area contributed by atoms with Gasteiger partial charge in [-0.15, -0.1) is 0 Å². The zero-order valence-corrected chi connectivity index (χ0v) is 11.1. The van der Waals surface area contributed by atoms with Gasteiger partial charge in [-0.25, -0.2) is 10.8 Å². The highest BCUT2D eigenvalue weighted by molar-refractivity contribution is 5.92. The molecule has 0 unspecified atom stereocenters. The van der Waals surface area contributed by atoms with Gasteiger partial charge in [0.2, 0.25) is 0 Å². The highest BCUT2D eigenvalue weighted by Gasteiger charge is 2.17. The molecule has 19 heavy (non-hydrogen) atoms. The van der Waals surface area contributed by atoms with E-state index in [0.717, 1.165) is 0 Å². The van der Waals surface area contributed by atoms with Gasteiger partial charge < -0.3 is 19.8 Å². The van der Waals surface area contributed by atoms with E-state index in [0.29, 0.717) is 32.1 Å². The quantitative estimate of drug-likeness (QED) is 0.484. The maximum Gasteiger partial charge on any atom is 0.274 e. The van der Waals surface area contributed by atoms with Crippen LogP contribution in [-0.4, -0.2) is 61.3 Å². The highest BCUT2D eigenvalue weighted by Crippen LogP contribution is 2.04. The summed E-state index contributed by atoms with van der Waals surface area (Å²) in [5.41, 5.74) is 2.58. The predicted octanol–water partition coefficient (Wildman–Crippen LogP) is -0.503. The van der Waals surface area contributed by atoms with Crippen molar-refractivity contribution in [2.24, 2.45) is 5.84 Å². The van der Waals surface area contributed by atoms with Gasteiger partial charge in [-0.1, -0.05) is 0 Å². The van der Waals surface area contributed by atoms with Crippen LogP contribution >= 0.6 is 0 Å². The number of hydrogen-bond acceptors (Lipinski definition) is 7. The van der Waals surface area contributed by atoms with Gasteiger partial charge >= 0.3 is 0 Å². The molecule has 0 aliphatic carbocycles. The summed E-state index contributed by atoms with van der Waals surface area (Å²) in [6.45, 7) is 1.80. The number of rotatable bonds is 8. The van der Waals surface area contributed by atoms with Crippen molar-refractivity contribution >= 4 is 11.7 Å². The Balaban J connectivity index is 2.77. The second-order valence-corrected chi connectivity index (χ2v) is 3.71. The second-order valence-electron chi connectivity index (χ2n) is 3.71. The van der Waals surface area contributed by atoms with Gasteiger partial charge in [0.25, 0.3) is 5.91 Å². The topological polar surface area (TPSA) is 103 Å². The number of carbonyl (C=O) groups is 1. The van der Waals surface area contributed by atoms with Crippen LogP contribution in [0.15, 0.2) is 12.4 Å². The van der Waals surface area contributed by atoms with Crippen molar-refractivity contribution in [1.29, 1.82) is 0 Å². The molecule has 1 aromatic rings. The molecule has 0 bridgehead atoms. The number of nitrogens with one attached hydrogen (secondary N) is 1. The molecule has 0 atom stereocenters. The normalized spacial score (nSPS) is 10.3. The summed E-state index contributed by atoms with van der Waals surface area (Å²) in [5, 5.41) is 0. The fraction of sp³-hybridized carbons (Fsp3) is 0.545. The number of anilines is 1. The Hall–Kier alpha value is -1.77. The van der Waals surface area contributed by atoms with Gasteiger partial charge in [0.15, 0.2) is 5.82 Å². The van der Waals surface area contributed by atoms with E-state index >= 15 is 0 Å². The van der Waals surface area contributed by atoms with Crippen molar-refractivity contribution in [3.63, 3.8) is 0 Å². The van der Waals surface area contributed by atoms with Crippen LogP contribution in [0.25, 0.3) is 0 Å². The summed E-state index contributed by atoms with van der Waals surface area (Å²) in [7, 11) is 3.16. The van der Waals surface area contributed by atoms with Gasteiger partial charge in [0.1, 0.15) is 5.69 Å². The number of ether oxygens (including phenoxy) is 2. The number of carbonyl (C=O) groups excluding carboxylic acids is 1. The summed E-state index contributed by atoms with van der Waals surface area (Å²) in [4.78, 5) is 21.8. The lowest BCUT2D eigenvalue weighted by Crippen LogP contribution is -2.37. The third-order valence-corrected chi connectivity index (χ3v) is 2.42. The van der Waals surface area contributed by atoms with Crippen LogP contribution in [0.2, 0.25) is 0 Å². The molecule has 0 fully saturated rings. The van der Waals surface area contributed by atoms with Crippen LogP contribution in [0.5, 0.6) is 0 Å². The first kappa shape index (κ1) is 15.3. The third-order valence-electron chi connectivity index (χ3n) is 2.42. The van der Waals surface area contributed by atoms with Crippen LogP contribution in [-0.2, 0) is 9.47 Å². The van der Waals surface area contributed by atoms with E-state index in [-0.39, 0.29) is 11.6 Å². The maximum atomic E-state index is 12.3. The lowest BCUT2D eigenvalue weighted by Gasteiger charge is -2.21. The molecule has 3 N–H and O–H groups in total. The monoisotopic (exact) mass is 269 g/mol. The van der Waals surface area contributed by atoms with E-state index < -0.39 is 0 Å². The lowest BCUT2D eigenvalue weighted by molar-refractivity contribution is 0.0621. The van der Waals surface area contributed by atoms with E-state index in [4.69, 9.17) is 15.3 Å². The van der Waals surface area contributed by atoms with Crippen LogP contribution in [0.3, 0.4) is 0 Å². The molecule has 0 aromatic carbocycles. The van der Waals surface area contributed by atoms with E-state index in [9.17, 15) is 4.79 Å². The zero-order valence-electron chi connectivity index (χ0n) is 11.1. The molecule has 1 rings (SSSR count). The Labute approximate surface area is 111 Å². The molecule has 0 spiro atoms. The van der Waals surface area contributed by atoms with Crippen molar-refractivity contribution in [3.05, 3.63) is 18.1 Å². The number of nitrogens with zero attached hydrogens (tertiary/aromatic N) is 3. The van der Waals surface area contributed by atoms with Crippen molar-refractivity contribution in [2.45, 2.75) is 0 Å². The van der Waals surface area contributed by atoms with Crippen LogP contribution in [0, 0.1) is 0 Å². The largest absolute Gasteiger partial charge is 0.383 e. The summed E-state index contributed by atoms with van der Waals surface area (Å²) in [6.07, 6.45) is 2.83. The SMILES string of the molecule is COCCN(CCOC)C(=O)c1cncc(NN)n1. The van der Waals surface area contributed by atoms with Gasteiger partial charge in [-0.2, -0.15) is 0 Å².